The van der Waals surface area contributed by atoms with E-state index in [9.17, 15) is 0 Å². The summed E-state index contributed by atoms with van der Waals surface area (Å²) in [5.41, 5.74) is 0. The molecule has 0 aromatic heterocycles. The number of nitrogens with zero attached hydrogens (tertiary/aromatic N) is 1. The smallest absolute Gasteiger partial charge is 0.0313 e. The van der Waals surface area contributed by atoms with Crippen molar-refractivity contribution in [1.82, 2.24) is 0 Å². The van der Waals surface area contributed by atoms with E-state index in [0.717, 1.165) is 0 Å². The topological polar surface area (TPSA) is 12.4 Å². The van der Waals surface area contributed by atoms with E-state index < -0.39 is 0 Å². The first-order chi connectivity index (χ1) is 5.27. The van der Waals surface area contributed by atoms with Gasteiger partial charge in [-0.05, 0) is 18.9 Å². The minimum absolute atomic E-state index is 0.216. The fraction of sp³-hybridized carbons (Fsp3) is 0.444. The lowest BCUT2D eigenvalue weighted by atomic mass is 10.3. The molecule has 1 rings (SSSR count). The van der Waals surface area contributed by atoms with E-state index in [4.69, 9.17) is 0 Å². The molecule has 0 amide bonds. The zero-order chi connectivity index (χ0) is 8.16. The zero-order valence-electron chi connectivity index (χ0n) is 6.70. The van der Waals surface area contributed by atoms with Gasteiger partial charge in [-0.3, -0.25) is 4.99 Å². The van der Waals surface area contributed by atoms with Gasteiger partial charge in [0.25, 0.3) is 0 Å². The molecule has 0 atom stereocenters. The monoisotopic (exact) mass is 167 g/mol. The van der Waals surface area contributed by atoms with Gasteiger partial charge in [0.05, 0.1) is 0 Å². The molecule has 0 N–H and O–H groups in total. The Morgan fingerprint density at radius 3 is 2.55 bits per heavy atom. The maximum Gasteiger partial charge on any atom is 0.0313 e. The first kappa shape index (κ1) is 8.60. The van der Waals surface area contributed by atoms with Gasteiger partial charge in [-0.2, -0.15) is 12.6 Å². The van der Waals surface area contributed by atoms with Crippen LogP contribution in [0.2, 0.25) is 0 Å². The van der Waals surface area contributed by atoms with E-state index >= 15 is 0 Å². The standard InChI is InChI=1S/C9H13NS/c1-10-8-4-2-3-5-9(11)6-7-9/h2-5,8,11H,6-7H2,1H3/b4-2-,5-3+,10-8-. The molecule has 1 nitrogen and oxygen atoms in total. The predicted octanol–water partition coefficient (Wildman–Crippen LogP) is 2.26. The largest absolute Gasteiger partial charge is 0.297 e. The summed E-state index contributed by atoms with van der Waals surface area (Å²) in [6.45, 7) is 0. The maximum atomic E-state index is 4.44. The molecule has 0 aromatic carbocycles. The number of thiol groups is 1. The first-order valence-corrected chi connectivity index (χ1v) is 4.21. The molecule has 0 unspecified atom stereocenters. The van der Waals surface area contributed by atoms with Crippen molar-refractivity contribution in [3.05, 3.63) is 24.3 Å². The minimum Gasteiger partial charge on any atom is -0.297 e. The van der Waals surface area contributed by atoms with Gasteiger partial charge in [-0.1, -0.05) is 18.2 Å². The summed E-state index contributed by atoms with van der Waals surface area (Å²) in [6, 6.07) is 0. The van der Waals surface area contributed by atoms with Crippen molar-refractivity contribution < 1.29 is 0 Å². The van der Waals surface area contributed by atoms with E-state index in [0.29, 0.717) is 0 Å². The van der Waals surface area contributed by atoms with Crippen molar-refractivity contribution in [3.63, 3.8) is 0 Å². The van der Waals surface area contributed by atoms with Crippen LogP contribution in [0.25, 0.3) is 0 Å². The Bertz CT molecular complexity index is 200. The first-order valence-electron chi connectivity index (χ1n) is 3.76. The summed E-state index contributed by atoms with van der Waals surface area (Å²) in [5.74, 6) is 0. The molecule has 1 saturated carbocycles. The van der Waals surface area contributed by atoms with Gasteiger partial charge in [0.15, 0.2) is 0 Å². The summed E-state index contributed by atoms with van der Waals surface area (Å²) in [6.07, 6.45) is 12.2. The van der Waals surface area contributed by atoms with E-state index in [-0.39, 0.29) is 4.75 Å². The third-order valence-corrected chi connectivity index (χ3v) is 2.22. The number of rotatable bonds is 3. The molecule has 0 saturated heterocycles. The van der Waals surface area contributed by atoms with Crippen LogP contribution < -0.4 is 0 Å². The predicted molar refractivity (Wildman–Crippen MR) is 53.6 cm³/mol. The Morgan fingerprint density at radius 2 is 2.00 bits per heavy atom. The minimum atomic E-state index is 0.216. The quantitative estimate of drug-likeness (QED) is 0.376. The lowest BCUT2D eigenvalue weighted by Gasteiger charge is -1.93. The molecule has 0 aromatic rings. The Balaban J connectivity index is 2.25. The highest BCUT2D eigenvalue weighted by atomic mass is 32.1. The van der Waals surface area contributed by atoms with E-state index in [1.165, 1.54) is 12.8 Å². The van der Waals surface area contributed by atoms with E-state index in [1.807, 2.05) is 18.2 Å². The summed E-state index contributed by atoms with van der Waals surface area (Å²) < 4.78 is 0.216. The van der Waals surface area contributed by atoms with Crippen LogP contribution in [-0.2, 0) is 0 Å². The number of aliphatic imine (C=N–C) groups is 1. The third-order valence-electron chi connectivity index (χ3n) is 1.63. The molecule has 0 spiro atoms. The summed E-state index contributed by atoms with van der Waals surface area (Å²) in [4.78, 5) is 3.82. The summed E-state index contributed by atoms with van der Waals surface area (Å²) in [7, 11) is 1.76. The van der Waals surface area contributed by atoms with Crippen LogP contribution in [0.3, 0.4) is 0 Å². The lowest BCUT2D eigenvalue weighted by Crippen LogP contribution is -1.87. The second kappa shape index (κ2) is 3.77. The molecule has 0 bridgehead atoms. The van der Waals surface area contributed by atoms with Crippen LogP contribution in [0.1, 0.15) is 12.8 Å². The van der Waals surface area contributed by atoms with Gasteiger partial charge in [-0.15, -0.1) is 0 Å². The second-order valence-corrected chi connectivity index (χ2v) is 3.65. The van der Waals surface area contributed by atoms with E-state index in [1.54, 1.807) is 13.3 Å². The highest BCUT2D eigenvalue weighted by Crippen LogP contribution is 2.43. The van der Waals surface area contributed by atoms with Crippen LogP contribution >= 0.6 is 12.6 Å². The van der Waals surface area contributed by atoms with Crippen LogP contribution in [0.4, 0.5) is 0 Å². The van der Waals surface area contributed by atoms with Crippen molar-refractivity contribution in [2.45, 2.75) is 17.6 Å². The maximum absolute atomic E-state index is 4.44. The molecule has 2 heteroatoms. The highest BCUT2D eigenvalue weighted by Gasteiger charge is 2.35. The molecular formula is C9H13NS. The zero-order valence-corrected chi connectivity index (χ0v) is 7.59. The Morgan fingerprint density at radius 1 is 1.27 bits per heavy atom. The van der Waals surface area contributed by atoms with Crippen LogP contribution in [0, 0.1) is 0 Å². The van der Waals surface area contributed by atoms with Gasteiger partial charge >= 0.3 is 0 Å². The van der Waals surface area contributed by atoms with Crippen LogP contribution in [-0.4, -0.2) is 18.0 Å². The van der Waals surface area contributed by atoms with Gasteiger partial charge in [-0.25, -0.2) is 0 Å². The fourth-order valence-corrected chi connectivity index (χ4v) is 0.927. The number of allylic oxidation sites excluding steroid dienone is 3. The second-order valence-electron chi connectivity index (χ2n) is 2.75. The molecule has 1 aliphatic rings. The average molecular weight is 167 g/mol. The Kier molecular flexibility index (Phi) is 2.94. The van der Waals surface area contributed by atoms with Crippen molar-refractivity contribution in [1.29, 1.82) is 0 Å². The van der Waals surface area contributed by atoms with E-state index in [2.05, 4.69) is 23.7 Å². The number of hydrogen-bond acceptors (Lipinski definition) is 2. The molecule has 1 aliphatic carbocycles. The molecular weight excluding hydrogens is 154 g/mol. The van der Waals surface area contributed by atoms with Crippen molar-refractivity contribution in [2.75, 3.05) is 7.05 Å². The SMILES string of the molecule is C\N=C/C=C\C=C\C1(S)CC1. The normalized spacial score (nSPS) is 22.4. The average Bonchev–Trinajstić information content (AvgIpc) is 2.69. The van der Waals surface area contributed by atoms with Gasteiger partial charge in [0.1, 0.15) is 0 Å². The summed E-state index contributed by atoms with van der Waals surface area (Å²) >= 11 is 4.44. The van der Waals surface area contributed by atoms with Gasteiger partial charge < -0.3 is 0 Å². The molecule has 0 heterocycles. The highest BCUT2D eigenvalue weighted by molar-refractivity contribution is 7.82. The van der Waals surface area contributed by atoms with Gasteiger partial charge in [0.2, 0.25) is 0 Å². The Hall–Kier alpha value is -0.500. The summed E-state index contributed by atoms with van der Waals surface area (Å²) in [5, 5.41) is 0. The Labute approximate surface area is 73.3 Å². The van der Waals surface area contributed by atoms with Crippen molar-refractivity contribution in [3.8, 4) is 0 Å². The molecule has 1 fully saturated rings. The lowest BCUT2D eigenvalue weighted by molar-refractivity contribution is 1.21. The third kappa shape index (κ3) is 3.42. The molecule has 11 heavy (non-hydrogen) atoms. The number of hydrogen-bond donors (Lipinski definition) is 1. The van der Waals surface area contributed by atoms with Crippen LogP contribution in [0.5, 0.6) is 0 Å². The molecule has 60 valence electrons. The fourth-order valence-electron chi connectivity index (χ4n) is 0.729. The molecule has 0 radical (unpaired) electrons. The molecule has 0 aliphatic heterocycles. The van der Waals surface area contributed by atoms with Crippen molar-refractivity contribution in [2.24, 2.45) is 4.99 Å². The van der Waals surface area contributed by atoms with Crippen molar-refractivity contribution >= 4 is 18.8 Å². The van der Waals surface area contributed by atoms with Crippen LogP contribution in [0.15, 0.2) is 29.3 Å². The van der Waals surface area contributed by atoms with Gasteiger partial charge in [0, 0.05) is 18.0 Å².